The normalized spacial score (nSPS) is 13.0. The zero-order valence-electron chi connectivity index (χ0n) is 11.7. The van der Waals surface area contributed by atoms with Gasteiger partial charge >= 0.3 is 0 Å². The molecule has 2 rings (SSSR count). The zero-order valence-corrected chi connectivity index (χ0v) is 12.5. The Morgan fingerprint density at radius 3 is 2.05 bits per heavy atom. The van der Waals surface area contributed by atoms with Crippen molar-refractivity contribution < 1.29 is 17.9 Å². The Hall–Kier alpha value is -1.92. The summed E-state index contributed by atoms with van der Waals surface area (Å²) in [5.41, 5.74) is 1.01. The summed E-state index contributed by atoms with van der Waals surface area (Å²) in [7, 11) is -2.31. The number of sulfonamides is 1. The van der Waals surface area contributed by atoms with Crippen molar-refractivity contribution >= 4 is 15.7 Å². The van der Waals surface area contributed by atoms with Crippen molar-refractivity contribution in [2.45, 2.75) is 17.9 Å². The number of nitrogens with zero attached hydrogens (tertiary/aromatic N) is 1. The number of aliphatic hydroxyl groups excluding tert-OH is 1. The summed E-state index contributed by atoms with van der Waals surface area (Å²) in [4.78, 5) is 0.110. The molecule has 1 atom stereocenters. The van der Waals surface area contributed by atoms with Crippen molar-refractivity contribution in [3.05, 3.63) is 59.9 Å². The molecule has 6 heteroatoms. The molecule has 0 aliphatic rings. The van der Waals surface area contributed by atoms with Crippen molar-refractivity contribution in [2.24, 2.45) is 0 Å². The van der Waals surface area contributed by atoms with Crippen LogP contribution in [0.2, 0.25) is 0 Å². The van der Waals surface area contributed by atoms with E-state index in [1.807, 2.05) is 0 Å². The predicted octanol–water partition coefficient (Wildman–Crippen LogP) is 2.70. The second-order valence-electron chi connectivity index (χ2n) is 4.69. The molecule has 21 heavy (non-hydrogen) atoms. The highest BCUT2D eigenvalue weighted by atomic mass is 32.2. The number of aliphatic hydroxyl groups is 1. The Kier molecular flexibility index (Phi) is 4.29. The summed E-state index contributed by atoms with van der Waals surface area (Å²) in [6, 6.07) is 11.2. The topological polar surface area (TPSA) is 57.6 Å². The minimum absolute atomic E-state index is 0.110. The van der Waals surface area contributed by atoms with Crippen LogP contribution < -0.4 is 4.31 Å². The molecule has 1 unspecified atom stereocenters. The van der Waals surface area contributed by atoms with Gasteiger partial charge in [0.25, 0.3) is 10.0 Å². The third kappa shape index (κ3) is 3.22. The first-order chi connectivity index (χ1) is 9.82. The van der Waals surface area contributed by atoms with E-state index in [9.17, 15) is 17.9 Å². The Balaban J connectivity index is 2.34. The van der Waals surface area contributed by atoms with Gasteiger partial charge in [-0.25, -0.2) is 12.8 Å². The van der Waals surface area contributed by atoms with Gasteiger partial charge < -0.3 is 5.11 Å². The van der Waals surface area contributed by atoms with Gasteiger partial charge in [-0.05, 0) is 48.9 Å². The number of anilines is 1. The summed E-state index contributed by atoms with van der Waals surface area (Å²) >= 11 is 0. The molecule has 112 valence electrons. The Morgan fingerprint density at radius 2 is 1.57 bits per heavy atom. The van der Waals surface area contributed by atoms with Gasteiger partial charge in [-0.2, -0.15) is 0 Å². The van der Waals surface area contributed by atoms with Crippen LogP contribution in [0.3, 0.4) is 0 Å². The van der Waals surface area contributed by atoms with E-state index in [1.165, 1.54) is 43.4 Å². The number of hydrogen-bond acceptors (Lipinski definition) is 3. The third-order valence-electron chi connectivity index (χ3n) is 3.21. The van der Waals surface area contributed by atoms with Gasteiger partial charge in [0.2, 0.25) is 0 Å². The number of hydrogen-bond donors (Lipinski definition) is 1. The molecule has 2 aromatic carbocycles. The van der Waals surface area contributed by atoms with Crippen LogP contribution in [0.1, 0.15) is 18.6 Å². The Labute approximate surface area is 123 Å². The monoisotopic (exact) mass is 309 g/mol. The van der Waals surface area contributed by atoms with Crippen LogP contribution in [-0.2, 0) is 10.0 Å². The fourth-order valence-corrected chi connectivity index (χ4v) is 3.06. The van der Waals surface area contributed by atoms with Crippen LogP contribution in [0.4, 0.5) is 10.1 Å². The first-order valence-corrected chi connectivity index (χ1v) is 7.79. The molecular formula is C15H16FNO3S. The summed E-state index contributed by atoms with van der Waals surface area (Å²) in [6.07, 6.45) is -0.656. The van der Waals surface area contributed by atoms with E-state index in [0.717, 1.165) is 4.31 Å². The molecule has 0 saturated carbocycles. The minimum Gasteiger partial charge on any atom is -0.389 e. The molecule has 0 aromatic heterocycles. The second kappa shape index (κ2) is 5.83. The summed E-state index contributed by atoms with van der Waals surface area (Å²) < 4.78 is 38.9. The molecule has 0 spiro atoms. The van der Waals surface area contributed by atoms with E-state index >= 15 is 0 Å². The van der Waals surface area contributed by atoms with E-state index in [-0.39, 0.29) is 4.90 Å². The van der Waals surface area contributed by atoms with Crippen LogP contribution in [0.5, 0.6) is 0 Å². The van der Waals surface area contributed by atoms with E-state index in [2.05, 4.69) is 0 Å². The van der Waals surface area contributed by atoms with Gasteiger partial charge in [0.05, 0.1) is 16.7 Å². The molecule has 2 aromatic rings. The smallest absolute Gasteiger partial charge is 0.264 e. The number of rotatable bonds is 4. The highest BCUT2D eigenvalue weighted by Crippen LogP contribution is 2.23. The molecule has 0 aliphatic heterocycles. The lowest BCUT2D eigenvalue weighted by Gasteiger charge is -2.19. The van der Waals surface area contributed by atoms with E-state index in [4.69, 9.17) is 0 Å². The van der Waals surface area contributed by atoms with Gasteiger partial charge in [-0.3, -0.25) is 4.31 Å². The number of benzene rings is 2. The van der Waals surface area contributed by atoms with Gasteiger partial charge in [0.1, 0.15) is 5.82 Å². The largest absolute Gasteiger partial charge is 0.389 e. The Bertz CT molecular complexity index is 710. The third-order valence-corrected chi connectivity index (χ3v) is 5.01. The maximum Gasteiger partial charge on any atom is 0.264 e. The zero-order chi connectivity index (χ0) is 15.6. The van der Waals surface area contributed by atoms with Crippen LogP contribution in [0.25, 0.3) is 0 Å². The molecule has 0 amide bonds. The summed E-state index contributed by atoms with van der Waals surface area (Å²) in [6.45, 7) is 1.61. The second-order valence-corrected chi connectivity index (χ2v) is 6.66. The molecule has 4 nitrogen and oxygen atoms in total. The minimum atomic E-state index is -3.72. The molecule has 0 fully saturated rings. The number of halogens is 1. The van der Waals surface area contributed by atoms with Gasteiger partial charge in [-0.15, -0.1) is 0 Å². The molecule has 0 aliphatic carbocycles. The standard InChI is InChI=1S/C15H16FNO3S/c1-11(18)12-3-9-15(10-4-12)21(19,20)17(2)14-7-5-13(16)6-8-14/h3-11,18H,1-2H3. The van der Waals surface area contributed by atoms with E-state index in [1.54, 1.807) is 19.1 Å². The maximum absolute atomic E-state index is 12.9. The highest BCUT2D eigenvalue weighted by molar-refractivity contribution is 7.92. The quantitative estimate of drug-likeness (QED) is 0.944. The lowest BCUT2D eigenvalue weighted by Crippen LogP contribution is -2.26. The molecule has 0 heterocycles. The van der Waals surface area contributed by atoms with Crippen LogP contribution in [-0.4, -0.2) is 20.6 Å². The van der Waals surface area contributed by atoms with Crippen molar-refractivity contribution in [1.82, 2.24) is 0 Å². The fraction of sp³-hybridized carbons (Fsp3) is 0.200. The predicted molar refractivity (Wildman–Crippen MR) is 79.1 cm³/mol. The average Bonchev–Trinajstić information content (AvgIpc) is 2.47. The maximum atomic E-state index is 12.9. The van der Waals surface area contributed by atoms with Crippen molar-refractivity contribution in [3.63, 3.8) is 0 Å². The fourth-order valence-electron chi connectivity index (χ4n) is 1.87. The van der Waals surface area contributed by atoms with Gasteiger partial charge in [-0.1, -0.05) is 12.1 Å². The first kappa shape index (κ1) is 15.5. The molecule has 0 bridgehead atoms. The lowest BCUT2D eigenvalue weighted by atomic mass is 10.1. The summed E-state index contributed by atoms with van der Waals surface area (Å²) in [5.74, 6) is -0.425. The summed E-state index contributed by atoms with van der Waals surface area (Å²) in [5, 5.41) is 9.44. The van der Waals surface area contributed by atoms with Crippen LogP contribution in [0.15, 0.2) is 53.4 Å². The van der Waals surface area contributed by atoms with Crippen molar-refractivity contribution in [2.75, 3.05) is 11.4 Å². The molecule has 0 radical (unpaired) electrons. The molecule has 0 saturated heterocycles. The first-order valence-electron chi connectivity index (χ1n) is 6.35. The van der Waals surface area contributed by atoms with E-state index in [0.29, 0.717) is 11.3 Å². The van der Waals surface area contributed by atoms with Crippen molar-refractivity contribution in [1.29, 1.82) is 0 Å². The SMILES string of the molecule is CC(O)c1ccc(S(=O)(=O)N(C)c2ccc(F)cc2)cc1. The average molecular weight is 309 g/mol. The lowest BCUT2D eigenvalue weighted by molar-refractivity contribution is 0.199. The highest BCUT2D eigenvalue weighted by Gasteiger charge is 2.21. The van der Waals surface area contributed by atoms with Gasteiger partial charge in [0.15, 0.2) is 0 Å². The van der Waals surface area contributed by atoms with Crippen molar-refractivity contribution in [3.8, 4) is 0 Å². The molecular weight excluding hydrogens is 293 g/mol. The Morgan fingerprint density at radius 1 is 1.05 bits per heavy atom. The van der Waals surface area contributed by atoms with E-state index < -0.39 is 21.9 Å². The van der Waals surface area contributed by atoms with Crippen LogP contribution in [0, 0.1) is 5.82 Å². The van der Waals surface area contributed by atoms with Crippen LogP contribution >= 0.6 is 0 Å². The molecule has 1 N–H and O–H groups in total. The van der Waals surface area contributed by atoms with Gasteiger partial charge in [0, 0.05) is 7.05 Å².